The van der Waals surface area contributed by atoms with E-state index in [0.29, 0.717) is 10.2 Å². The Labute approximate surface area is 88.0 Å². The van der Waals surface area contributed by atoms with Gasteiger partial charge >= 0.3 is 11.6 Å². The van der Waals surface area contributed by atoms with Crippen molar-refractivity contribution in [3.63, 3.8) is 0 Å². The number of hydrogen-bond acceptors (Lipinski definition) is 4. The summed E-state index contributed by atoms with van der Waals surface area (Å²) in [7, 11) is 0. The SMILES string of the molecule is CCOC(=O)c1coc(=O)c(I)c1. The van der Waals surface area contributed by atoms with Gasteiger partial charge in [0.1, 0.15) is 6.26 Å². The lowest BCUT2D eigenvalue weighted by atomic mass is 10.3. The van der Waals surface area contributed by atoms with Gasteiger partial charge in [-0.3, -0.25) is 0 Å². The van der Waals surface area contributed by atoms with Crippen LogP contribution in [-0.2, 0) is 4.74 Å². The normalized spacial score (nSPS) is 9.69. The summed E-state index contributed by atoms with van der Waals surface area (Å²) in [5.41, 5.74) is -0.195. The molecule has 1 aromatic rings. The fourth-order valence-electron chi connectivity index (χ4n) is 0.724. The molecule has 0 amide bonds. The van der Waals surface area contributed by atoms with Crippen LogP contribution >= 0.6 is 22.6 Å². The van der Waals surface area contributed by atoms with Gasteiger partial charge in [0.25, 0.3) is 0 Å². The average molecular weight is 294 g/mol. The van der Waals surface area contributed by atoms with Crippen LogP contribution in [0.5, 0.6) is 0 Å². The number of carbonyl (C=O) groups excluding carboxylic acids is 1. The first-order valence-corrected chi connectivity index (χ1v) is 4.68. The van der Waals surface area contributed by atoms with E-state index in [1.807, 2.05) is 0 Å². The first-order valence-electron chi connectivity index (χ1n) is 3.60. The maximum absolute atomic E-state index is 11.1. The van der Waals surface area contributed by atoms with E-state index in [1.54, 1.807) is 29.5 Å². The number of hydrogen-bond donors (Lipinski definition) is 0. The summed E-state index contributed by atoms with van der Waals surface area (Å²) in [6.07, 6.45) is 1.10. The van der Waals surface area contributed by atoms with Gasteiger partial charge in [-0.1, -0.05) is 0 Å². The molecule has 1 rings (SSSR count). The molecule has 0 atom stereocenters. The molecule has 0 aliphatic heterocycles. The van der Waals surface area contributed by atoms with Crippen LogP contribution in [0.2, 0.25) is 0 Å². The fraction of sp³-hybridized carbons (Fsp3) is 0.250. The van der Waals surface area contributed by atoms with E-state index in [-0.39, 0.29) is 5.56 Å². The Kier molecular flexibility index (Phi) is 3.47. The fourth-order valence-corrected chi connectivity index (χ4v) is 1.19. The maximum Gasteiger partial charge on any atom is 0.349 e. The zero-order valence-electron chi connectivity index (χ0n) is 6.87. The van der Waals surface area contributed by atoms with Crippen molar-refractivity contribution < 1.29 is 13.9 Å². The third-order valence-corrected chi connectivity index (χ3v) is 2.03. The van der Waals surface area contributed by atoms with Gasteiger partial charge in [0.05, 0.1) is 15.7 Å². The van der Waals surface area contributed by atoms with Gasteiger partial charge in [0.2, 0.25) is 0 Å². The predicted octanol–water partition coefficient (Wildman–Crippen LogP) is 1.42. The highest BCUT2D eigenvalue weighted by atomic mass is 127. The Balaban J connectivity index is 2.97. The first kappa shape index (κ1) is 10.2. The van der Waals surface area contributed by atoms with Gasteiger partial charge in [-0.05, 0) is 35.6 Å². The highest BCUT2D eigenvalue weighted by Crippen LogP contribution is 2.04. The van der Waals surface area contributed by atoms with Crippen LogP contribution in [0.1, 0.15) is 17.3 Å². The molecule has 0 N–H and O–H groups in total. The van der Waals surface area contributed by atoms with Crippen LogP contribution in [0, 0.1) is 3.57 Å². The quantitative estimate of drug-likeness (QED) is 0.611. The Hall–Kier alpha value is -0.850. The van der Waals surface area contributed by atoms with Gasteiger partial charge in [0, 0.05) is 0 Å². The van der Waals surface area contributed by atoms with E-state index in [4.69, 9.17) is 4.74 Å². The van der Waals surface area contributed by atoms with Crippen molar-refractivity contribution in [1.82, 2.24) is 0 Å². The van der Waals surface area contributed by atoms with Crippen LogP contribution in [0.25, 0.3) is 0 Å². The van der Waals surface area contributed by atoms with Gasteiger partial charge in [-0.15, -0.1) is 0 Å². The molecular formula is C8H7IO4. The van der Waals surface area contributed by atoms with E-state index in [9.17, 15) is 9.59 Å². The first-order chi connectivity index (χ1) is 6.15. The zero-order valence-corrected chi connectivity index (χ0v) is 9.03. The lowest BCUT2D eigenvalue weighted by Crippen LogP contribution is -2.09. The Morgan fingerprint density at radius 1 is 1.69 bits per heavy atom. The highest BCUT2D eigenvalue weighted by Gasteiger charge is 2.09. The monoisotopic (exact) mass is 294 g/mol. The third kappa shape index (κ3) is 2.55. The molecule has 0 saturated heterocycles. The van der Waals surface area contributed by atoms with Crippen LogP contribution in [0.4, 0.5) is 0 Å². The topological polar surface area (TPSA) is 56.5 Å². The van der Waals surface area contributed by atoms with E-state index in [2.05, 4.69) is 4.42 Å². The molecule has 0 aromatic carbocycles. The minimum absolute atomic E-state index is 0.255. The average Bonchev–Trinajstić information content (AvgIpc) is 2.10. The second-order valence-electron chi connectivity index (χ2n) is 2.19. The number of halogens is 1. The van der Waals surface area contributed by atoms with Gasteiger partial charge in [0.15, 0.2) is 0 Å². The number of carbonyl (C=O) groups is 1. The van der Waals surface area contributed by atoms with E-state index in [0.717, 1.165) is 6.26 Å². The summed E-state index contributed by atoms with van der Waals surface area (Å²) in [4.78, 5) is 21.9. The van der Waals surface area contributed by atoms with Crippen molar-refractivity contribution in [2.45, 2.75) is 6.92 Å². The molecule has 13 heavy (non-hydrogen) atoms. The van der Waals surface area contributed by atoms with E-state index < -0.39 is 11.6 Å². The third-order valence-electron chi connectivity index (χ3n) is 1.28. The summed E-state index contributed by atoms with van der Waals surface area (Å²) >= 11 is 1.80. The molecule has 0 spiro atoms. The smallest absolute Gasteiger partial charge is 0.349 e. The van der Waals surface area contributed by atoms with Crippen molar-refractivity contribution in [3.05, 3.63) is 31.9 Å². The Morgan fingerprint density at radius 2 is 2.38 bits per heavy atom. The lowest BCUT2D eigenvalue weighted by molar-refractivity contribution is 0.0523. The standard InChI is InChI=1S/C8H7IO4/c1-2-12-7(10)5-3-6(9)8(11)13-4-5/h3-4H,2H2,1H3. The molecule has 0 fully saturated rings. The van der Waals surface area contributed by atoms with Gasteiger partial charge < -0.3 is 9.15 Å². The zero-order chi connectivity index (χ0) is 9.84. The number of rotatable bonds is 2. The summed E-state index contributed by atoms with van der Waals surface area (Å²) < 4.78 is 9.68. The summed E-state index contributed by atoms with van der Waals surface area (Å²) in [6, 6.07) is 1.43. The molecule has 0 bridgehead atoms. The van der Waals surface area contributed by atoms with Crippen LogP contribution in [0.3, 0.4) is 0 Å². The van der Waals surface area contributed by atoms with E-state index >= 15 is 0 Å². The molecule has 0 aliphatic rings. The molecule has 1 aromatic heterocycles. The molecular weight excluding hydrogens is 287 g/mol. The van der Waals surface area contributed by atoms with E-state index in [1.165, 1.54) is 6.07 Å². The summed E-state index contributed by atoms with van der Waals surface area (Å²) in [5, 5.41) is 0. The number of esters is 1. The van der Waals surface area contributed by atoms with Crippen LogP contribution in [-0.4, -0.2) is 12.6 Å². The second-order valence-corrected chi connectivity index (χ2v) is 3.35. The minimum Gasteiger partial charge on any atom is -0.462 e. The van der Waals surface area contributed by atoms with Crippen molar-refractivity contribution >= 4 is 28.6 Å². The summed E-state index contributed by atoms with van der Waals surface area (Å²) in [6.45, 7) is 2.01. The molecule has 0 aliphatic carbocycles. The molecule has 0 unspecified atom stereocenters. The minimum atomic E-state index is -0.482. The molecule has 70 valence electrons. The Bertz CT molecular complexity index is 369. The van der Waals surface area contributed by atoms with Crippen molar-refractivity contribution in [1.29, 1.82) is 0 Å². The molecule has 1 heterocycles. The van der Waals surface area contributed by atoms with Crippen molar-refractivity contribution in [2.24, 2.45) is 0 Å². The van der Waals surface area contributed by atoms with Gasteiger partial charge in [-0.25, -0.2) is 9.59 Å². The highest BCUT2D eigenvalue weighted by molar-refractivity contribution is 14.1. The molecule has 5 heteroatoms. The Morgan fingerprint density at radius 3 is 2.92 bits per heavy atom. The predicted molar refractivity (Wildman–Crippen MR) is 53.7 cm³/mol. The number of ether oxygens (including phenoxy) is 1. The van der Waals surface area contributed by atoms with Crippen LogP contribution < -0.4 is 5.63 Å². The van der Waals surface area contributed by atoms with Gasteiger partial charge in [-0.2, -0.15) is 0 Å². The maximum atomic E-state index is 11.1. The van der Waals surface area contributed by atoms with Crippen molar-refractivity contribution in [3.8, 4) is 0 Å². The van der Waals surface area contributed by atoms with Crippen LogP contribution in [0.15, 0.2) is 21.5 Å². The molecule has 0 radical (unpaired) electrons. The lowest BCUT2D eigenvalue weighted by Gasteiger charge is -1.99. The summed E-state index contributed by atoms with van der Waals surface area (Å²) in [5.74, 6) is -0.482. The van der Waals surface area contributed by atoms with Crippen molar-refractivity contribution in [2.75, 3.05) is 6.61 Å². The second kappa shape index (κ2) is 4.40. The molecule has 0 saturated carbocycles. The largest absolute Gasteiger partial charge is 0.462 e. The molecule has 4 nitrogen and oxygen atoms in total.